The van der Waals surface area contributed by atoms with Gasteiger partial charge < -0.3 is 28.8 Å². The van der Waals surface area contributed by atoms with Crippen LogP contribution >= 0.6 is 69.1 Å². The Morgan fingerprint density at radius 3 is 0.961 bits per heavy atom. The zero-order valence-electron chi connectivity index (χ0n) is 45.2. The average molecular weight is 1130 g/mol. The van der Waals surface area contributed by atoms with Gasteiger partial charge in [-0.3, -0.25) is 0 Å². The lowest BCUT2D eigenvalue weighted by Gasteiger charge is -2.19. The molecule has 12 heteroatoms. The largest absolute Gasteiger partial charge is 0.504 e. The van der Waals surface area contributed by atoms with E-state index >= 15 is 0 Å². The molecule has 6 nitrogen and oxygen atoms in total. The van der Waals surface area contributed by atoms with Crippen molar-refractivity contribution in [1.82, 2.24) is 9.13 Å². The molecule has 0 fully saturated rings. The van der Waals surface area contributed by atoms with Gasteiger partial charge in [-0.1, -0.05) is 154 Å². The first-order chi connectivity index (χ1) is 35.7. The van der Waals surface area contributed by atoms with Gasteiger partial charge in [-0.15, -0.1) is 22.7 Å². The Morgan fingerprint density at radius 2 is 0.684 bits per heavy atom. The summed E-state index contributed by atoms with van der Waals surface area (Å²) in [5.41, 5.74) is 11.5. The second kappa shape index (κ2) is 19.8. The van der Waals surface area contributed by atoms with E-state index in [0.717, 1.165) is 43.6 Å². The van der Waals surface area contributed by atoms with Crippen LogP contribution in [0.15, 0.2) is 108 Å². The molecule has 0 bridgehead atoms. The number of ether oxygens (including phenoxy) is 2. The van der Waals surface area contributed by atoms with Crippen molar-refractivity contribution in [3.05, 3.63) is 150 Å². The SMILES string of the molecule is CC(C)(C)c1ccc2c(c1)c1cc(C(C)(C)C)ccc1n2-c1csc(-c2cc(Cl)c(Cl)cc2OCCCCOc2cc(Cl)c(Cl)cc2-c2scc(-n3c4ccc(C(C)(C)C)cc4c4cc(C(C)(C)C)ccc43)c2O)c1O. The summed E-state index contributed by atoms with van der Waals surface area (Å²) >= 11 is 29.5. The Balaban J connectivity index is 0.896. The van der Waals surface area contributed by atoms with E-state index in [4.69, 9.17) is 55.9 Å². The predicted molar refractivity (Wildman–Crippen MR) is 327 cm³/mol. The van der Waals surface area contributed by atoms with Crippen LogP contribution in [0.2, 0.25) is 20.1 Å². The number of nitrogens with zero attached hydrogens (tertiary/aromatic N) is 2. The van der Waals surface area contributed by atoms with E-state index in [2.05, 4.69) is 165 Å². The van der Waals surface area contributed by atoms with E-state index in [-0.39, 0.29) is 33.2 Å². The van der Waals surface area contributed by atoms with Crippen molar-refractivity contribution in [2.24, 2.45) is 0 Å². The summed E-state index contributed by atoms with van der Waals surface area (Å²) in [6.45, 7) is 27.4. The number of halogens is 4. The molecule has 0 saturated heterocycles. The Hall–Kier alpha value is -5.32. The maximum atomic E-state index is 12.2. The second-order valence-corrected chi connectivity index (χ2v) is 27.5. The van der Waals surface area contributed by atoms with Gasteiger partial charge in [0.2, 0.25) is 0 Å². The van der Waals surface area contributed by atoms with Crippen molar-refractivity contribution in [3.8, 4) is 55.3 Å². The number of rotatable bonds is 11. The molecule has 0 unspecified atom stereocenters. The van der Waals surface area contributed by atoms with Crippen LogP contribution in [0.4, 0.5) is 0 Å². The van der Waals surface area contributed by atoms with E-state index < -0.39 is 0 Å². The Kier molecular flexibility index (Phi) is 14.1. The van der Waals surface area contributed by atoms with Gasteiger partial charge in [-0.2, -0.15) is 0 Å². The van der Waals surface area contributed by atoms with Gasteiger partial charge in [0.25, 0.3) is 0 Å². The monoisotopic (exact) mass is 1130 g/mol. The first-order valence-electron chi connectivity index (χ1n) is 25.7. The molecule has 0 radical (unpaired) electrons. The van der Waals surface area contributed by atoms with Crippen LogP contribution in [0.25, 0.3) is 75.9 Å². The molecule has 0 spiro atoms. The molecule has 0 amide bonds. The highest BCUT2D eigenvalue weighted by molar-refractivity contribution is 7.14. The lowest BCUT2D eigenvalue weighted by molar-refractivity contribution is 0.267. The van der Waals surface area contributed by atoms with Crippen molar-refractivity contribution in [1.29, 1.82) is 0 Å². The number of fused-ring (bicyclic) bond motifs is 6. The summed E-state index contributed by atoms with van der Waals surface area (Å²) in [5, 5.41) is 34.4. The number of hydrogen-bond acceptors (Lipinski definition) is 6. The van der Waals surface area contributed by atoms with Crippen LogP contribution in [-0.4, -0.2) is 32.6 Å². The molecule has 10 aromatic rings. The third-order valence-electron chi connectivity index (χ3n) is 14.6. The highest BCUT2D eigenvalue weighted by Crippen LogP contribution is 2.51. The van der Waals surface area contributed by atoms with Gasteiger partial charge in [-0.25, -0.2) is 0 Å². The molecule has 0 aliphatic carbocycles. The summed E-state index contributed by atoms with van der Waals surface area (Å²) < 4.78 is 17.3. The molecule has 6 aromatic carbocycles. The third-order valence-corrected chi connectivity index (χ3v) is 18.0. The number of benzene rings is 6. The van der Waals surface area contributed by atoms with Crippen LogP contribution in [0, 0.1) is 0 Å². The van der Waals surface area contributed by atoms with Gasteiger partial charge in [0.15, 0.2) is 11.5 Å². The van der Waals surface area contributed by atoms with Crippen LogP contribution in [-0.2, 0) is 21.7 Å². The summed E-state index contributed by atoms with van der Waals surface area (Å²) in [6, 6.07) is 33.6. The summed E-state index contributed by atoms with van der Waals surface area (Å²) in [4.78, 5) is 1.24. The first-order valence-corrected chi connectivity index (χ1v) is 29.0. The smallest absolute Gasteiger partial charge is 0.158 e. The van der Waals surface area contributed by atoms with Crippen LogP contribution in [0.1, 0.15) is 118 Å². The van der Waals surface area contributed by atoms with E-state index in [1.54, 1.807) is 24.3 Å². The first kappa shape index (κ1) is 54.1. The van der Waals surface area contributed by atoms with Gasteiger partial charge in [0, 0.05) is 55.6 Å². The minimum Gasteiger partial charge on any atom is -0.504 e. The van der Waals surface area contributed by atoms with Crippen LogP contribution in [0.5, 0.6) is 23.0 Å². The molecule has 4 aromatic heterocycles. The molecule has 10 rings (SSSR count). The summed E-state index contributed by atoms with van der Waals surface area (Å²) in [5.74, 6) is 1.27. The van der Waals surface area contributed by atoms with E-state index in [1.807, 2.05) is 10.8 Å². The standard InChI is InChI=1S/C64H64Cl4N2O4S2/c1-61(2,3)35-15-19-49-39(25-35)40-26-36(62(4,5)6)16-20-50(40)69(49)53-33-75-59(57(53)71)43-29-45(65)47(67)31-55(43)73-23-13-14-24-74-56-32-48(68)46(66)30-44(56)60-58(72)54(34-76-60)70-51-21-17-37(63(7,8)9)27-41(51)42-28-38(64(10,11)12)18-22-52(42)70/h15-22,25-34,71-72H,13-14,23-24H2,1-12H3. The quantitative estimate of drug-likeness (QED) is 0.127. The summed E-state index contributed by atoms with van der Waals surface area (Å²) in [6.07, 6.45) is 1.25. The van der Waals surface area contributed by atoms with Gasteiger partial charge in [0.1, 0.15) is 11.5 Å². The molecule has 2 N–H and O–H groups in total. The molecule has 394 valence electrons. The van der Waals surface area contributed by atoms with Crippen LogP contribution < -0.4 is 9.47 Å². The molecule has 4 heterocycles. The fourth-order valence-corrected chi connectivity index (χ4v) is 12.6. The van der Waals surface area contributed by atoms with E-state index in [0.29, 0.717) is 89.9 Å². The predicted octanol–water partition coefficient (Wildman–Crippen LogP) is 20.8. The molecular formula is C64H64Cl4N2O4S2. The fraction of sp³-hybridized carbons (Fsp3) is 0.312. The molecular weight excluding hydrogens is 1070 g/mol. The maximum absolute atomic E-state index is 12.2. The van der Waals surface area contributed by atoms with Gasteiger partial charge >= 0.3 is 0 Å². The maximum Gasteiger partial charge on any atom is 0.158 e. The van der Waals surface area contributed by atoms with Crippen molar-refractivity contribution in [2.45, 2.75) is 118 Å². The Bertz CT molecular complexity index is 3510. The number of thiophene rings is 2. The fourth-order valence-electron chi connectivity index (χ4n) is 10.0. The van der Waals surface area contributed by atoms with Crippen molar-refractivity contribution in [2.75, 3.05) is 13.2 Å². The lowest BCUT2D eigenvalue weighted by atomic mass is 9.85. The minimum absolute atomic E-state index is 0.0418. The zero-order chi connectivity index (χ0) is 54.6. The van der Waals surface area contributed by atoms with Crippen molar-refractivity contribution in [3.63, 3.8) is 0 Å². The van der Waals surface area contributed by atoms with E-state index in [1.165, 1.54) is 44.9 Å². The minimum atomic E-state index is -0.0418. The molecule has 0 aliphatic rings. The average Bonchev–Trinajstić information content (AvgIpc) is 4.09. The number of hydrogen-bond donors (Lipinski definition) is 2. The highest BCUT2D eigenvalue weighted by Gasteiger charge is 2.28. The molecule has 0 aliphatic heterocycles. The Labute approximate surface area is 474 Å². The number of unbranched alkanes of at least 4 members (excludes halogenated alkanes) is 1. The third kappa shape index (κ3) is 9.96. The zero-order valence-corrected chi connectivity index (χ0v) is 49.8. The topological polar surface area (TPSA) is 68.8 Å². The Morgan fingerprint density at radius 1 is 0.408 bits per heavy atom. The molecule has 0 saturated carbocycles. The molecule has 76 heavy (non-hydrogen) atoms. The van der Waals surface area contributed by atoms with Gasteiger partial charge in [-0.05, 0) is 117 Å². The van der Waals surface area contributed by atoms with Gasteiger partial charge in [0.05, 0.1) is 76.5 Å². The van der Waals surface area contributed by atoms with Crippen molar-refractivity contribution >= 4 is 113 Å². The number of aromatic nitrogens is 2. The van der Waals surface area contributed by atoms with Crippen LogP contribution in [0.3, 0.4) is 0 Å². The summed E-state index contributed by atoms with van der Waals surface area (Å²) in [7, 11) is 0. The highest BCUT2D eigenvalue weighted by atomic mass is 35.5. The van der Waals surface area contributed by atoms with Crippen molar-refractivity contribution < 1.29 is 19.7 Å². The molecule has 0 atom stereocenters. The van der Waals surface area contributed by atoms with E-state index in [9.17, 15) is 10.2 Å². The lowest BCUT2D eigenvalue weighted by Crippen LogP contribution is -2.10. The normalized spacial score (nSPS) is 12.8. The second-order valence-electron chi connectivity index (χ2n) is 24.1. The number of aromatic hydroxyl groups is 2.